The number of rotatable bonds is 5. The van der Waals surface area contributed by atoms with E-state index in [-0.39, 0.29) is 0 Å². The molecule has 0 saturated carbocycles. The lowest BCUT2D eigenvalue weighted by Gasteiger charge is -2.16. The van der Waals surface area contributed by atoms with E-state index in [9.17, 15) is 5.11 Å². The molecule has 114 valence electrons. The number of aliphatic hydroxyl groups is 1. The second-order valence-corrected chi connectivity index (χ2v) is 5.75. The molecular formula is C16H22ClN3O. The summed E-state index contributed by atoms with van der Waals surface area (Å²) in [5, 5.41) is 15.5. The Kier molecular flexibility index (Phi) is 4.91. The summed E-state index contributed by atoms with van der Waals surface area (Å²) >= 11 is 6.29. The number of halogens is 1. The van der Waals surface area contributed by atoms with Gasteiger partial charge in [0.2, 0.25) is 0 Å². The zero-order valence-corrected chi connectivity index (χ0v) is 13.7. The van der Waals surface area contributed by atoms with E-state index in [1.807, 2.05) is 61.8 Å². The number of hydrogen-bond donors (Lipinski definition) is 1. The highest BCUT2D eigenvalue weighted by atomic mass is 35.5. The van der Waals surface area contributed by atoms with E-state index >= 15 is 0 Å². The lowest BCUT2D eigenvalue weighted by molar-refractivity contribution is 0.175. The van der Waals surface area contributed by atoms with Crippen molar-refractivity contribution in [1.29, 1.82) is 0 Å². The van der Waals surface area contributed by atoms with Gasteiger partial charge in [0, 0.05) is 32.7 Å². The molecule has 0 aliphatic carbocycles. The molecule has 0 aliphatic rings. The highest BCUT2D eigenvalue weighted by molar-refractivity contribution is 6.31. The first-order valence-corrected chi connectivity index (χ1v) is 7.49. The topological polar surface area (TPSA) is 41.3 Å². The van der Waals surface area contributed by atoms with Gasteiger partial charge in [-0.15, -0.1) is 0 Å². The number of benzene rings is 1. The van der Waals surface area contributed by atoms with Crippen molar-refractivity contribution in [3.63, 3.8) is 0 Å². The van der Waals surface area contributed by atoms with Crippen LogP contribution in [0.3, 0.4) is 0 Å². The fraction of sp³-hybridized carbons (Fsp3) is 0.438. The quantitative estimate of drug-likeness (QED) is 0.922. The fourth-order valence-electron chi connectivity index (χ4n) is 2.36. The fourth-order valence-corrected chi connectivity index (χ4v) is 2.57. The Labute approximate surface area is 131 Å². The summed E-state index contributed by atoms with van der Waals surface area (Å²) < 4.78 is 1.86. The molecule has 0 spiro atoms. The molecule has 1 atom stereocenters. The summed E-state index contributed by atoms with van der Waals surface area (Å²) in [5.74, 6) is 0. The Bertz CT molecular complexity index is 605. The van der Waals surface area contributed by atoms with Crippen molar-refractivity contribution in [2.45, 2.75) is 32.9 Å². The van der Waals surface area contributed by atoms with Crippen LogP contribution in [0.2, 0.25) is 5.02 Å². The van der Waals surface area contributed by atoms with Gasteiger partial charge in [-0.3, -0.25) is 4.68 Å². The molecule has 0 saturated heterocycles. The van der Waals surface area contributed by atoms with E-state index in [2.05, 4.69) is 5.10 Å². The van der Waals surface area contributed by atoms with Crippen LogP contribution in [0.1, 0.15) is 30.0 Å². The number of aliphatic hydroxyl groups excluding tert-OH is 1. The number of aromatic nitrogens is 2. The first kappa shape index (κ1) is 15.9. The highest BCUT2D eigenvalue weighted by Crippen LogP contribution is 2.27. The van der Waals surface area contributed by atoms with Gasteiger partial charge in [0.05, 0.1) is 22.5 Å². The van der Waals surface area contributed by atoms with E-state index < -0.39 is 6.10 Å². The van der Waals surface area contributed by atoms with Crippen LogP contribution in [0, 0.1) is 6.92 Å². The first-order chi connectivity index (χ1) is 9.93. The molecule has 0 fully saturated rings. The Balaban J connectivity index is 2.19. The maximum Gasteiger partial charge on any atom is 0.0848 e. The first-order valence-electron chi connectivity index (χ1n) is 7.11. The van der Waals surface area contributed by atoms with Crippen LogP contribution in [0.5, 0.6) is 0 Å². The largest absolute Gasteiger partial charge is 0.388 e. The predicted octanol–water partition coefficient (Wildman–Crippen LogP) is 3.21. The van der Waals surface area contributed by atoms with E-state index in [1.54, 1.807) is 0 Å². The van der Waals surface area contributed by atoms with E-state index in [0.717, 1.165) is 29.2 Å². The van der Waals surface area contributed by atoms with Crippen LogP contribution in [0.15, 0.2) is 24.3 Å². The molecule has 5 heteroatoms. The molecule has 2 aromatic rings. The van der Waals surface area contributed by atoms with Crippen molar-refractivity contribution < 1.29 is 5.11 Å². The lowest BCUT2D eigenvalue weighted by Crippen LogP contribution is -2.10. The Hall–Kier alpha value is -1.52. The summed E-state index contributed by atoms with van der Waals surface area (Å²) in [6, 6.07) is 7.91. The molecule has 1 unspecified atom stereocenters. The van der Waals surface area contributed by atoms with Crippen LogP contribution in [-0.4, -0.2) is 29.0 Å². The molecule has 0 bridgehead atoms. The number of hydrogen-bond acceptors (Lipinski definition) is 3. The van der Waals surface area contributed by atoms with Crippen LogP contribution in [0.25, 0.3) is 0 Å². The van der Waals surface area contributed by atoms with E-state index in [1.165, 1.54) is 0 Å². The summed E-state index contributed by atoms with van der Waals surface area (Å²) in [7, 11) is 3.99. The predicted molar refractivity (Wildman–Crippen MR) is 87.1 cm³/mol. The van der Waals surface area contributed by atoms with Gasteiger partial charge in [-0.2, -0.15) is 5.10 Å². The van der Waals surface area contributed by atoms with Crippen molar-refractivity contribution in [3.05, 3.63) is 46.2 Å². The van der Waals surface area contributed by atoms with E-state index in [0.29, 0.717) is 11.4 Å². The Morgan fingerprint density at radius 1 is 1.29 bits per heavy atom. The van der Waals surface area contributed by atoms with Gasteiger partial charge in [0.1, 0.15) is 0 Å². The van der Waals surface area contributed by atoms with E-state index in [4.69, 9.17) is 11.6 Å². The average molecular weight is 308 g/mol. The molecule has 1 heterocycles. The van der Waals surface area contributed by atoms with Crippen molar-refractivity contribution in [3.8, 4) is 0 Å². The number of anilines is 1. The molecule has 4 nitrogen and oxygen atoms in total. The third-order valence-electron chi connectivity index (χ3n) is 3.63. The normalized spacial score (nSPS) is 12.5. The zero-order valence-electron chi connectivity index (χ0n) is 13.0. The molecule has 1 aromatic heterocycles. The SMILES string of the molecule is CCn1nc(C)c(Cl)c1CC(O)c1ccc(N(C)C)cc1. The summed E-state index contributed by atoms with van der Waals surface area (Å²) in [4.78, 5) is 2.03. The standard InChI is InChI=1S/C16H22ClN3O/c1-5-20-14(16(17)11(2)18-20)10-15(21)12-6-8-13(9-7-12)19(3)4/h6-9,15,21H,5,10H2,1-4H3. The molecule has 0 amide bonds. The lowest BCUT2D eigenvalue weighted by atomic mass is 10.0. The molecule has 1 aromatic carbocycles. The van der Waals surface area contributed by atoms with Crippen molar-refractivity contribution >= 4 is 17.3 Å². The summed E-state index contributed by atoms with van der Waals surface area (Å²) in [6.45, 7) is 4.65. The molecule has 0 radical (unpaired) electrons. The zero-order chi connectivity index (χ0) is 15.6. The van der Waals surface area contributed by atoms with Crippen LogP contribution < -0.4 is 4.90 Å². The highest BCUT2D eigenvalue weighted by Gasteiger charge is 2.17. The maximum absolute atomic E-state index is 10.4. The Morgan fingerprint density at radius 3 is 2.43 bits per heavy atom. The van der Waals surface area contributed by atoms with Crippen LogP contribution >= 0.6 is 11.6 Å². The smallest absolute Gasteiger partial charge is 0.0848 e. The monoisotopic (exact) mass is 307 g/mol. The maximum atomic E-state index is 10.4. The van der Waals surface area contributed by atoms with Crippen LogP contribution in [-0.2, 0) is 13.0 Å². The second kappa shape index (κ2) is 6.50. The van der Waals surface area contributed by atoms with Gasteiger partial charge in [-0.1, -0.05) is 23.7 Å². The van der Waals surface area contributed by atoms with Gasteiger partial charge in [-0.25, -0.2) is 0 Å². The van der Waals surface area contributed by atoms with Gasteiger partial charge in [0.15, 0.2) is 0 Å². The van der Waals surface area contributed by atoms with Gasteiger partial charge in [0.25, 0.3) is 0 Å². The summed E-state index contributed by atoms with van der Waals surface area (Å²) in [6.07, 6.45) is -0.116. The minimum absolute atomic E-state index is 0.467. The van der Waals surface area contributed by atoms with Crippen molar-refractivity contribution in [1.82, 2.24) is 9.78 Å². The third kappa shape index (κ3) is 3.39. The van der Waals surface area contributed by atoms with Crippen LogP contribution in [0.4, 0.5) is 5.69 Å². The number of nitrogens with zero attached hydrogens (tertiary/aromatic N) is 3. The number of aryl methyl sites for hydroxylation is 2. The minimum atomic E-state index is -0.583. The van der Waals surface area contributed by atoms with Gasteiger partial charge in [-0.05, 0) is 31.5 Å². The van der Waals surface area contributed by atoms with Crippen molar-refractivity contribution in [2.24, 2.45) is 0 Å². The average Bonchev–Trinajstić information content (AvgIpc) is 2.75. The molecule has 21 heavy (non-hydrogen) atoms. The molecule has 2 rings (SSSR count). The molecule has 0 aliphatic heterocycles. The Morgan fingerprint density at radius 2 is 1.90 bits per heavy atom. The molecular weight excluding hydrogens is 286 g/mol. The third-order valence-corrected chi connectivity index (χ3v) is 4.13. The van der Waals surface area contributed by atoms with Crippen molar-refractivity contribution in [2.75, 3.05) is 19.0 Å². The van der Waals surface area contributed by atoms with Gasteiger partial charge >= 0.3 is 0 Å². The molecule has 1 N–H and O–H groups in total. The minimum Gasteiger partial charge on any atom is -0.388 e. The second-order valence-electron chi connectivity index (χ2n) is 5.37. The summed E-state index contributed by atoms with van der Waals surface area (Å²) in [5.41, 5.74) is 3.70. The van der Waals surface area contributed by atoms with Gasteiger partial charge < -0.3 is 10.0 Å².